The van der Waals surface area contributed by atoms with Gasteiger partial charge in [-0.2, -0.15) is 0 Å². The lowest BCUT2D eigenvalue weighted by Crippen LogP contribution is -2.06. The Morgan fingerprint density at radius 2 is 2.24 bits per heavy atom. The van der Waals surface area contributed by atoms with Crippen LogP contribution in [0.25, 0.3) is 5.82 Å². The fourth-order valence-electron chi connectivity index (χ4n) is 1.24. The van der Waals surface area contributed by atoms with Gasteiger partial charge in [-0.3, -0.25) is 0 Å². The highest BCUT2D eigenvalue weighted by atomic mass is 16.5. The maximum absolute atomic E-state index is 11.2. The molecule has 0 aliphatic rings. The van der Waals surface area contributed by atoms with Crippen molar-refractivity contribution in [1.82, 2.24) is 19.7 Å². The topological polar surface area (TPSA) is 95.9 Å². The van der Waals surface area contributed by atoms with Gasteiger partial charge in [0.05, 0.1) is 19.0 Å². The summed E-state index contributed by atoms with van der Waals surface area (Å²) in [6.45, 7) is 1.86. The monoisotopic (exact) mass is 233 g/mol. The van der Waals surface area contributed by atoms with Crippen molar-refractivity contribution in [2.24, 2.45) is 0 Å². The molecule has 0 unspecified atom stereocenters. The smallest absolute Gasteiger partial charge is 0.377 e. The first kappa shape index (κ1) is 11.1. The second-order valence-corrected chi connectivity index (χ2v) is 3.40. The Bertz CT molecular complexity index is 564. The fourth-order valence-corrected chi connectivity index (χ4v) is 1.24. The van der Waals surface area contributed by atoms with Crippen molar-refractivity contribution in [3.63, 3.8) is 0 Å². The number of anilines is 1. The number of esters is 1. The third-order valence-corrected chi connectivity index (χ3v) is 2.23. The molecule has 88 valence electrons. The number of carbonyl (C=O) groups excluding carboxylic acids is 1. The van der Waals surface area contributed by atoms with E-state index in [-0.39, 0.29) is 5.82 Å². The summed E-state index contributed by atoms with van der Waals surface area (Å²) >= 11 is 0. The number of ether oxygens (including phenoxy) is 1. The summed E-state index contributed by atoms with van der Waals surface area (Å²) in [5.41, 5.74) is 7.14. The van der Waals surface area contributed by atoms with E-state index in [9.17, 15) is 4.79 Å². The third kappa shape index (κ3) is 2.07. The zero-order valence-electron chi connectivity index (χ0n) is 9.41. The summed E-state index contributed by atoms with van der Waals surface area (Å²) in [5.74, 6) is -0.0564. The lowest BCUT2D eigenvalue weighted by molar-refractivity contribution is 0.0587. The Morgan fingerprint density at radius 1 is 1.47 bits per heavy atom. The van der Waals surface area contributed by atoms with Crippen LogP contribution in [-0.4, -0.2) is 32.8 Å². The third-order valence-electron chi connectivity index (χ3n) is 2.23. The molecule has 2 rings (SSSR count). The van der Waals surface area contributed by atoms with Gasteiger partial charge in [0, 0.05) is 0 Å². The van der Waals surface area contributed by atoms with E-state index < -0.39 is 5.97 Å². The van der Waals surface area contributed by atoms with Gasteiger partial charge in [-0.05, 0) is 18.6 Å². The molecule has 0 aliphatic carbocycles. The summed E-state index contributed by atoms with van der Waals surface area (Å²) < 4.78 is 5.90. The Hall–Kier alpha value is -2.44. The molecule has 7 heteroatoms. The summed E-state index contributed by atoms with van der Waals surface area (Å²) in [7, 11) is 1.27. The lowest BCUT2D eigenvalue weighted by Gasteiger charge is -2.02. The molecule has 0 fully saturated rings. The number of aryl methyl sites for hydroxylation is 1. The summed E-state index contributed by atoms with van der Waals surface area (Å²) in [5, 5.41) is 3.95. The Morgan fingerprint density at radius 3 is 2.88 bits per heavy atom. The van der Waals surface area contributed by atoms with Crippen molar-refractivity contribution >= 4 is 11.7 Å². The average molecular weight is 233 g/mol. The van der Waals surface area contributed by atoms with Crippen LogP contribution in [0.1, 0.15) is 16.2 Å². The largest absolute Gasteiger partial charge is 0.463 e. The second-order valence-electron chi connectivity index (χ2n) is 3.40. The second kappa shape index (κ2) is 4.20. The van der Waals surface area contributed by atoms with Gasteiger partial charge >= 0.3 is 5.97 Å². The molecule has 0 radical (unpaired) electrons. The number of nitrogens with two attached hydrogens (primary N) is 1. The normalized spacial score (nSPS) is 10.2. The van der Waals surface area contributed by atoms with Crippen LogP contribution < -0.4 is 5.73 Å². The quantitative estimate of drug-likeness (QED) is 0.751. The van der Waals surface area contributed by atoms with E-state index in [0.717, 1.165) is 5.56 Å². The van der Waals surface area contributed by atoms with Crippen molar-refractivity contribution in [2.45, 2.75) is 6.92 Å². The Balaban J connectivity index is 2.37. The van der Waals surface area contributed by atoms with Gasteiger partial charge in [-0.15, -0.1) is 5.10 Å². The average Bonchev–Trinajstić information content (AvgIpc) is 2.81. The Kier molecular flexibility index (Phi) is 2.73. The molecule has 0 aliphatic heterocycles. The summed E-state index contributed by atoms with van der Waals surface area (Å²) in [6.07, 6.45) is 2.92. The van der Waals surface area contributed by atoms with Crippen molar-refractivity contribution in [3.8, 4) is 5.82 Å². The summed E-state index contributed by atoms with van der Waals surface area (Å²) in [6, 6.07) is 1.76. The van der Waals surface area contributed by atoms with Crippen LogP contribution in [0.3, 0.4) is 0 Å². The van der Waals surface area contributed by atoms with Crippen LogP contribution in [0.2, 0.25) is 0 Å². The number of methoxy groups -OCH3 is 1. The minimum Gasteiger partial charge on any atom is -0.463 e. The van der Waals surface area contributed by atoms with Gasteiger partial charge in [0.15, 0.2) is 5.82 Å². The molecule has 0 atom stereocenters. The molecule has 0 spiro atoms. The van der Waals surface area contributed by atoms with Crippen LogP contribution in [0.4, 0.5) is 5.69 Å². The first-order valence-electron chi connectivity index (χ1n) is 4.84. The predicted octanol–water partition coefficient (Wildman–Crippen LogP) is 0.340. The number of pyridine rings is 1. The molecule has 0 amide bonds. The van der Waals surface area contributed by atoms with Crippen molar-refractivity contribution in [1.29, 1.82) is 0 Å². The van der Waals surface area contributed by atoms with Crippen molar-refractivity contribution in [2.75, 3.05) is 12.8 Å². The van der Waals surface area contributed by atoms with Crippen LogP contribution >= 0.6 is 0 Å². The fraction of sp³-hybridized carbons (Fsp3) is 0.200. The van der Waals surface area contributed by atoms with E-state index in [0.29, 0.717) is 11.5 Å². The predicted molar refractivity (Wildman–Crippen MR) is 59.6 cm³/mol. The van der Waals surface area contributed by atoms with E-state index in [1.165, 1.54) is 24.3 Å². The van der Waals surface area contributed by atoms with Crippen LogP contribution in [-0.2, 0) is 4.74 Å². The van der Waals surface area contributed by atoms with Gasteiger partial charge in [-0.25, -0.2) is 19.4 Å². The maximum atomic E-state index is 11.2. The molecular formula is C10H11N5O2. The molecule has 0 saturated carbocycles. The number of hydrogen-bond donors (Lipinski definition) is 1. The first-order valence-corrected chi connectivity index (χ1v) is 4.84. The Labute approximate surface area is 97.2 Å². The van der Waals surface area contributed by atoms with Crippen LogP contribution in [0, 0.1) is 6.92 Å². The highest BCUT2D eigenvalue weighted by Crippen LogP contribution is 2.12. The first-order chi connectivity index (χ1) is 8.11. The van der Waals surface area contributed by atoms with Gasteiger partial charge in [0.1, 0.15) is 6.33 Å². The molecule has 2 N–H and O–H groups in total. The molecule has 7 nitrogen and oxygen atoms in total. The summed E-state index contributed by atoms with van der Waals surface area (Å²) in [4.78, 5) is 19.1. The molecule has 2 heterocycles. The van der Waals surface area contributed by atoms with E-state index in [4.69, 9.17) is 5.73 Å². The van der Waals surface area contributed by atoms with Gasteiger partial charge in [-0.1, -0.05) is 0 Å². The van der Waals surface area contributed by atoms with Gasteiger partial charge in [0.2, 0.25) is 0 Å². The lowest BCUT2D eigenvalue weighted by atomic mass is 10.2. The minimum absolute atomic E-state index is 0.0104. The SMILES string of the molecule is COC(=O)c1ncn(-c2cc(C)c(N)cn2)n1. The zero-order chi connectivity index (χ0) is 12.4. The van der Waals surface area contributed by atoms with Gasteiger partial charge in [0.25, 0.3) is 5.82 Å². The van der Waals surface area contributed by atoms with E-state index in [1.54, 1.807) is 6.07 Å². The van der Waals surface area contributed by atoms with E-state index >= 15 is 0 Å². The van der Waals surface area contributed by atoms with Crippen LogP contribution in [0.5, 0.6) is 0 Å². The van der Waals surface area contributed by atoms with Crippen molar-refractivity contribution in [3.05, 3.63) is 30.0 Å². The van der Waals surface area contributed by atoms with Crippen LogP contribution in [0.15, 0.2) is 18.6 Å². The molecule has 0 bridgehead atoms. The standard InChI is InChI=1S/C10H11N5O2/c1-6-3-8(12-4-7(6)11)15-5-13-9(14-15)10(16)17-2/h3-5H,11H2,1-2H3. The number of carbonyl (C=O) groups is 1. The zero-order valence-corrected chi connectivity index (χ0v) is 9.41. The van der Waals surface area contributed by atoms with E-state index in [2.05, 4.69) is 19.8 Å². The molecule has 2 aromatic heterocycles. The number of rotatable bonds is 2. The molecule has 0 aromatic carbocycles. The molecule has 0 saturated heterocycles. The molecule has 17 heavy (non-hydrogen) atoms. The maximum Gasteiger partial charge on any atom is 0.377 e. The number of nitrogen functional groups attached to an aromatic ring is 1. The highest BCUT2D eigenvalue weighted by Gasteiger charge is 2.12. The minimum atomic E-state index is -0.587. The van der Waals surface area contributed by atoms with E-state index in [1.807, 2.05) is 6.92 Å². The molecular weight excluding hydrogens is 222 g/mol. The van der Waals surface area contributed by atoms with Gasteiger partial charge < -0.3 is 10.5 Å². The number of hydrogen-bond acceptors (Lipinski definition) is 6. The van der Waals surface area contributed by atoms with Crippen molar-refractivity contribution < 1.29 is 9.53 Å². The highest BCUT2D eigenvalue weighted by molar-refractivity contribution is 5.84. The molecule has 2 aromatic rings. The number of aromatic nitrogens is 4. The number of nitrogens with zero attached hydrogens (tertiary/aromatic N) is 4.